The van der Waals surface area contributed by atoms with E-state index in [-0.39, 0.29) is 19.0 Å². The van der Waals surface area contributed by atoms with E-state index < -0.39 is 0 Å². The fourth-order valence-electron chi connectivity index (χ4n) is 4.17. The van der Waals surface area contributed by atoms with Crippen LogP contribution >= 0.6 is 0 Å². The first kappa shape index (κ1) is 19.9. The van der Waals surface area contributed by atoms with Crippen LogP contribution in [0, 0.1) is 0 Å². The Labute approximate surface area is 183 Å². The van der Waals surface area contributed by atoms with Crippen LogP contribution in [0.4, 0.5) is 0 Å². The van der Waals surface area contributed by atoms with Gasteiger partial charge in [0.15, 0.2) is 11.5 Å². The Kier molecular flexibility index (Phi) is 6.05. The molecule has 3 aromatic carbocycles. The van der Waals surface area contributed by atoms with E-state index in [9.17, 15) is 0 Å². The first-order valence-electron chi connectivity index (χ1n) is 10.9. The summed E-state index contributed by atoms with van der Waals surface area (Å²) in [5.41, 5.74) is 2.39. The van der Waals surface area contributed by atoms with E-state index in [2.05, 4.69) is 53.4 Å². The van der Waals surface area contributed by atoms with Crippen LogP contribution in [0.25, 0.3) is 0 Å². The Morgan fingerprint density at radius 2 is 1.58 bits per heavy atom. The van der Waals surface area contributed by atoms with Crippen LogP contribution in [0.15, 0.2) is 78.9 Å². The summed E-state index contributed by atoms with van der Waals surface area (Å²) in [4.78, 5) is 2.41. The van der Waals surface area contributed by atoms with Crippen LogP contribution in [-0.4, -0.2) is 44.0 Å². The molecule has 0 radical (unpaired) electrons. The number of benzene rings is 3. The van der Waals surface area contributed by atoms with Crippen LogP contribution in [0.1, 0.15) is 23.7 Å². The zero-order valence-corrected chi connectivity index (χ0v) is 17.5. The number of likely N-dealkylation sites (tertiary alicyclic amines) is 1. The van der Waals surface area contributed by atoms with E-state index in [1.165, 1.54) is 11.1 Å². The number of hydrogen-bond donors (Lipinski definition) is 0. The largest absolute Gasteiger partial charge is 0.492 e. The van der Waals surface area contributed by atoms with Crippen molar-refractivity contribution >= 4 is 0 Å². The molecule has 0 saturated carbocycles. The molecule has 31 heavy (non-hydrogen) atoms. The first-order valence-corrected chi connectivity index (χ1v) is 10.9. The third-order valence-electron chi connectivity index (χ3n) is 5.78. The summed E-state index contributed by atoms with van der Waals surface area (Å²) in [5, 5.41) is 0. The molecule has 0 unspecified atom stereocenters. The van der Waals surface area contributed by atoms with Gasteiger partial charge in [-0.2, -0.15) is 0 Å². The van der Waals surface area contributed by atoms with Crippen molar-refractivity contribution in [2.75, 3.05) is 33.0 Å². The summed E-state index contributed by atoms with van der Waals surface area (Å²) in [6.45, 7) is 3.72. The van der Waals surface area contributed by atoms with Gasteiger partial charge in [-0.15, -0.1) is 0 Å². The van der Waals surface area contributed by atoms with Crippen LogP contribution in [0.3, 0.4) is 0 Å². The van der Waals surface area contributed by atoms with Crippen molar-refractivity contribution in [3.8, 4) is 17.2 Å². The Balaban J connectivity index is 1.15. The molecular formula is C26H27NO4. The molecule has 5 heteroatoms. The number of fused-ring (bicyclic) bond motifs is 1. The van der Waals surface area contributed by atoms with Gasteiger partial charge >= 0.3 is 0 Å². The zero-order chi connectivity index (χ0) is 20.9. The molecule has 0 amide bonds. The number of ether oxygens (including phenoxy) is 4. The van der Waals surface area contributed by atoms with E-state index in [1.807, 2.05) is 30.3 Å². The topological polar surface area (TPSA) is 40.2 Å². The third-order valence-corrected chi connectivity index (χ3v) is 5.78. The molecule has 0 aromatic heterocycles. The molecule has 0 aliphatic carbocycles. The van der Waals surface area contributed by atoms with E-state index in [0.29, 0.717) is 6.61 Å². The van der Waals surface area contributed by atoms with Crippen LogP contribution in [0.2, 0.25) is 0 Å². The van der Waals surface area contributed by atoms with Gasteiger partial charge in [-0.05, 0) is 29.7 Å². The van der Waals surface area contributed by atoms with Gasteiger partial charge in [0.25, 0.3) is 0 Å². The van der Waals surface area contributed by atoms with Gasteiger partial charge in [0, 0.05) is 25.7 Å². The van der Waals surface area contributed by atoms with Crippen LogP contribution in [0.5, 0.6) is 17.2 Å². The average Bonchev–Trinajstić information content (AvgIpc) is 3.48. The lowest BCUT2D eigenvalue weighted by Gasteiger charge is -2.23. The standard InChI is InChI=1S/C26H27NO4/c1-3-7-20(8-4-1)26(21-9-5-2-6-10-21)31-23-13-14-27(18-23)15-16-28-22-11-12-24-25(17-22)30-19-29-24/h1-12,17,23,26H,13-16,18-19H2/t23-/m1/s1. The fourth-order valence-corrected chi connectivity index (χ4v) is 4.17. The summed E-state index contributed by atoms with van der Waals surface area (Å²) < 4.78 is 23.3. The lowest BCUT2D eigenvalue weighted by molar-refractivity contribution is 0.0137. The first-order chi connectivity index (χ1) is 15.3. The highest BCUT2D eigenvalue weighted by atomic mass is 16.7. The van der Waals surface area contributed by atoms with Crippen molar-refractivity contribution in [2.24, 2.45) is 0 Å². The highest BCUT2D eigenvalue weighted by Gasteiger charge is 2.27. The monoisotopic (exact) mass is 417 g/mol. The molecule has 160 valence electrons. The van der Waals surface area contributed by atoms with Crippen LogP contribution < -0.4 is 14.2 Å². The molecular weight excluding hydrogens is 390 g/mol. The molecule has 2 aliphatic rings. The van der Waals surface area contributed by atoms with E-state index >= 15 is 0 Å². The molecule has 1 atom stereocenters. The van der Waals surface area contributed by atoms with Crippen molar-refractivity contribution in [3.63, 3.8) is 0 Å². The Hall–Kier alpha value is -3.02. The third kappa shape index (κ3) is 4.84. The summed E-state index contributed by atoms with van der Waals surface area (Å²) in [7, 11) is 0. The summed E-state index contributed by atoms with van der Waals surface area (Å²) in [5.74, 6) is 2.34. The predicted molar refractivity (Wildman–Crippen MR) is 119 cm³/mol. The highest BCUT2D eigenvalue weighted by molar-refractivity contribution is 5.46. The van der Waals surface area contributed by atoms with Crippen molar-refractivity contribution in [2.45, 2.75) is 18.6 Å². The van der Waals surface area contributed by atoms with Crippen molar-refractivity contribution in [1.29, 1.82) is 0 Å². The number of nitrogens with zero attached hydrogens (tertiary/aromatic N) is 1. The van der Waals surface area contributed by atoms with Crippen molar-refractivity contribution in [1.82, 2.24) is 4.90 Å². The Bertz CT molecular complexity index is 940. The van der Waals surface area contributed by atoms with Gasteiger partial charge in [0.1, 0.15) is 18.5 Å². The van der Waals surface area contributed by atoms with Gasteiger partial charge in [0.2, 0.25) is 6.79 Å². The minimum atomic E-state index is -0.0442. The molecule has 1 saturated heterocycles. The fraction of sp³-hybridized carbons (Fsp3) is 0.308. The maximum atomic E-state index is 6.62. The van der Waals surface area contributed by atoms with Gasteiger partial charge in [0.05, 0.1) is 6.10 Å². The van der Waals surface area contributed by atoms with Gasteiger partial charge in [-0.25, -0.2) is 0 Å². The normalized spacial score (nSPS) is 17.9. The molecule has 2 aliphatic heterocycles. The smallest absolute Gasteiger partial charge is 0.231 e. The van der Waals surface area contributed by atoms with Crippen molar-refractivity contribution < 1.29 is 18.9 Å². The Morgan fingerprint density at radius 3 is 2.32 bits per heavy atom. The minimum Gasteiger partial charge on any atom is -0.492 e. The second kappa shape index (κ2) is 9.41. The predicted octanol–water partition coefficient (Wildman–Crippen LogP) is 4.67. The molecule has 5 nitrogen and oxygen atoms in total. The number of rotatable bonds is 8. The van der Waals surface area contributed by atoms with E-state index in [4.69, 9.17) is 18.9 Å². The summed E-state index contributed by atoms with van der Waals surface area (Å²) >= 11 is 0. The lowest BCUT2D eigenvalue weighted by Crippen LogP contribution is -2.28. The molecule has 0 N–H and O–H groups in total. The second-order valence-electron chi connectivity index (χ2n) is 7.91. The molecule has 3 aromatic rings. The maximum absolute atomic E-state index is 6.62. The van der Waals surface area contributed by atoms with Crippen molar-refractivity contribution in [3.05, 3.63) is 90.0 Å². The molecule has 5 rings (SSSR count). The summed E-state index contributed by atoms with van der Waals surface area (Å²) in [6, 6.07) is 26.7. The molecule has 0 bridgehead atoms. The van der Waals surface area contributed by atoms with Gasteiger partial charge < -0.3 is 18.9 Å². The van der Waals surface area contributed by atoms with E-state index in [0.717, 1.165) is 43.3 Å². The van der Waals surface area contributed by atoms with E-state index in [1.54, 1.807) is 0 Å². The zero-order valence-electron chi connectivity index (χ0n) is 17.5. The highest BCUT2D eigenvalue weighted by Crippen LogP contribution is 2.35. The molecule has 2 heterocycles. The lowest BCUT2D eigenvalue weighted by atomic mass is 10.0. The summed E-state index contributed by atoms with van der Waals surface area (Å²) in [6.07, 6.45) is 1.19. The van der Waals surface area contributed by atoms with Gasteiger partial charge in [-0.1, -0.05) is 60.7 Å². The van der Waals surface area contributed by atoms with Crippen LogP contribution in [-0.2, 0) is 4.74 Å². The number of hydrogen-bond acceptors (Lipinski definition) is 5. The molecule has 1 fully saturated rings. The second-order valence-corrected chi connectivity index (χ2v) is 7.91. The maximum Gasteiger partial charge on any atom is 0.231 e. The Morgan fingerprint density at radius 1 is 0.871 bits per heavy atom. The van der Waals surface area contributed by atoms with Gasteiger partial charge in [-0.3, -0.25) is 4.90 Å². The quantitative estimate of drug-likeness (QED) is 0.533. The molecule has 0 spiro atoms. The minimum absolute atomic E-state index is 0.0442. The SMILES string of the molecule is c1ccc(C(O[C@@H]2CCN(CCOc3ccc4c(c3)OCO4)C2)c2ccccc2)cc1. The average molecular weight is 418 g/mol.